The van der Waals surface area contributed by atoms with Crippen molar-refractivity contribution in [3.63, 3.8) is 0 Å². The summed E-state index contributed by atoms with van der Waals surface area (Å²) < 4.78 is 36.8. The van der Waals surface area contributed by atoms with Crippen LogP contribution in [0.2, 0.25) is 0 Å². The van der Waals surface area contributed by atoms with Crippen LogP contribution < -0.4 is 19.7 Å². The Balaban J connectivity index is 1.42. The molecule has 1 aromatic heterocycles. The summed E-state index contributed by atoms with van der Waals surface area (Å²) in [6.45, 7) is 0.928. The van der Waals surface area contributed by atoms with Gasteiger partial charge in [-0.05, 0) is 24.3 Å². The highest BCUT2D eigenvalue weighted by atomic mass is 32.2. The molecule has 172 valence electrons. The number of pyridine rings is 1. The van der Waals surface area contributed by atoms with Gasteiger partial charge in [-0.25, -0.2) is 13.4 Å². The topological polar surface area (TPSA) is 107 Å². The minimum Gasteiger partial charge on any atom is -0.490 e. The molecule has 2 N–H and O–H groups in total. The third kappa shape index (κ3) is 4.43. The second-order valence-corrected chi connectivity index (χ2v) is 9.34. The molecule has 1 aliphatic rings. The zero-order chi connectivity index (χ0) is 23.5. The van der Waals surface area contributed by atoms with E-state index in [9.17, 15) is 13.2 Å². The zero-order valence-electron chi connectivity index (χ0n) is 18.0. The van der Waals surface area contributed by atoms with Gasteiger partial charge in [0.15, 0.2) is 11.5 Å². The van der Waals surface area contributed by atoms with Crippen molar-refractivity contribution in [3.05, 3.63) is 84.4 Å². The number of aromatic nitrogens is 1. The first kappa shape index (κ1) is 21.9. The number of benzene rings is 3. The van der Waals surface area contributed by atoms with Crippen LogP contribution in [0, 0.1) is 0 Å². The van der Waals surface area contributed by atoms with E-state index in [1.165, 1.54) is 12.1 Å². The van der Waals surface area contributed by atoms with Crippen LogP contribution >= 0.6 is 0 Å². The highest BCUT2D eigenvalue weighted by Crippen LogP contribution is 2.32. The van der Waals surface area contributed by atoms with E-state index >= 15 is 0 Å². The summed E-state index contributed by atoms with van der Waals surface area (Å²) in [5.74, 6) is 0.227. The van der Waals surface area contributed by atoms with Crippen molar-refractivity contribution in [2.45, 2.75) is 11.3 Å². The Morgan fingerprint density at radius 2 is 1.59 bits per heavy atom. The summed E-state index contributed by atoms with van der Waals surface area (Å²) in [5.41, 5.74) is 4.70. The first-order valence-corrected chi connectivity index (χ1v) is 12.2. The van der Waals surface area contributed by atoms with Crippen molar-refractivity contribution in [1.82, 2.24) is 15.2 Å². The first-order valence-electron chi connectivity index (χ1n) is 10.7. The van der Waals surface area contributed by atoms with Gasteiger partial charge in [0, 0.05) is 23.4 Å². The van der Waals surface area contributed by atoms with E-state index in [-0.39, 0.29) is 4.90 Å². The van der Waals surface area contributed by atoms with Gasteiger partial charge in [-0.3, -0.25) is 10.2 Å². The summed E-state index contributed by atoms with van der Waals surface area (Å²) in [4.78, 5) is 19.9. The fourth-order valence-corrected chi connectivity index (χ4v) is 4.52. The second kappa shape index (κ2) is 9.12. The molecule has 0 radical (unpaired) electrons. The lowest BCUT2D eigenvalue weighted by atomic mass is 10.0. The molecule has 2 heterocycles. The smallest absolute Gasteiger partial charge is 0.267 e. The molecular weight excluding hydrogens is 454 g/mol. The first-order chi connectivity index (χ1) is 16.5. The molecule has 3 aromatic carbocycles. The SMILES string of the molecule is O=C(NNS(=O)(=O)c1ccc2c(c1)OCCCO2)c1cc(-c2ccccc2)nc2ccccc12. The van der Waals surface area contributed by atoms with Crippen LogP contribution in [0.25, 0.3) is 22.2 Å². The molecule has 0 saturated heterocycles. The molecule has 1 amide bonds. The van der Waals surface area contributed by atoms with Crippen LogP contribution in [0.4, 0.5) is 0 Å². The number of para-hydroxylation sites is 1. The standard InChI is InChI=1S/C25H21N3O5S/c29-25(27-28-34(30,31)18-11-12-23-24(15-18)33-14-6-13-32-23)20-16-22(17-7-2-1-3-8-17)26-21-10-5-4-9-19(20)21/h1-5,7-12,15-16,28H,6,13-14H2,(H,27,29). The van der Waals surface area contributed by atoms with Gasteiger partial charge in [0.2, 0.25) is 0 Å². The molecular formula is C25H21N3O5S. The van der Waals surface area contributed by atoms with Gasteiger partial charge in [-0.2, -0.15) is 0 Å². The molecule has 0 aliphatic carbocycles. The fourth-order valence-electron chi connectivity index (χ4n) is 3.67. The summed E-state index contributed by atoms with van der Waals surface area (Å²) in [6.07, 6.45) is 0.704. The number of amides is 1. The predicted octanol–water partition coefficient (Wildman–Crippen LogP) is 3.69. The minimum absolute atomic E-state index is 0.0541. The van der Waals surface area contributed by atoms with Gasteiger partial charge in [0.1, 0.15) is 0 Å². The van der Waals surface area contributed by atoms with Gasteiger partial charge < -0.3 is 9.47 Å². The molecule has 0 bridgehead atoms. The lowest BCUT2D eigenvalue weighted by molar-refractivity contribution is 0.0946. The van der Waals surface area contributed by atoms with Crippen molar-refractivity contribution in [2.75, 3.05) is 13.2 Å². The number of hydrogen-bond acceptors (Lipinski definition) is 6. The summed E-state index contributed by atoms with van der Waals surface area (Å²) in [6, 6.07) is 22.6. The highest BCUT2D eigenvalue weighted by Gasteiger charge is 2.21. The van der Waals surface area contributed by atoms with E-state index in [4.69, 9.17) is 9.47 Å². The Morgan fingerprint density at radius 1 is 0.853 bits per heavy atom. The third-order valence-electron chi connectivity index (χ3n) is 5.36. The number of carbonyl (C=O) groups excluding carboxylic acids is 1. The van der Waals surface area contributed by atoms with Crippen molar-refractivity contribution < 1.29 is 22.7 Å². The molecule has 4 aromatic rings. The van der Waals surface area contributed by atoms with E-state index in [1.54, 1.807) is 30.3 Å². The largest absolute Gasteiger partial charge is 0.490 e. The number of nitrogens with zero attached hydrogens (tertiary/aromatic N) is 1. The average Bonchev–Trinajstić information content (AvgIpc) is 3.12. The summed E-state index contributed by atoms with van der Waals surface area (Å²) >= 11 is 0. The third-order valence-corrected chi connectivity index (χ3v) is 6.60. The lowest BCUT2D eigenvalue weighted by Gasteiger charge is -2.13. The van der Waals surface area contributed by atoms with Crippen LogP contribution in [-0.2, 0) is 10.0 Å². The highest BCUT2D eigenvalue weighted by molar-refractivity contribution is 7.89. The summed E-state index contributed by atoms with van der Waals surface area (Å²) in [5, 5.41) is 0.606. The maximum atomic E-state index is 13.1. The number of nitrogens with one attached hydrogen (secondary N) is 2. The number of fused-ring (bicyclic) bond motifs is 2. The van der Waals surface area contributed by atoms with E-state index in [0.29, 0.717) is 53.3 Å². The van der Waals surface area contributed by atoms with E-state index in [2.05, 4.69) is 15.2 Å². The van der Waals surface area contributed by atoms with Crippen molar-refractivity contribution in [1.29, 1.82) is 0 Å². The Labute approximate surface area is 196 Å². The maximum absolute atomic E-state index is 13.1. The van der Waals surface area contributed by atoms with Crippen LogP contribution in [0.15, 0.2) is 83.8 Å². The summed E-state index contributed by atoms with van der Waals surface area (Å²) in [7, 11) is -4.06. The molecule has 9 heteroatoms. The molecule has 0 spiro atoms. The molecule has 0 fully saturated rings. The molecule has 0 atom stereocenters. The zero-order valence-corrected chi connectivity index (χ0v) is 18.8. The van der Waals surface area contributed by atoms with Gasteiger partial charge in [0.05, 0.1) is 34.9 Å². The monoisotopic (exact) mass is 475 g/mol. The minimum atomic E-state index is -4.06. The van der Waals surface area contributed by atoms with Crippen LogP contribution in [0.5, 0.6) is 11.5 Å². The van der Waals surface area contributed by atoms with Crippen molar-refractivity contribution >= 4 is 26.8 Å². The number of carbonyl (C=O) groups is 1. The van der Waals surface area contributed by atoms with Gasteiger partial charge in [-0.1, -0.05) is 48.5 Å². The van der Waals surface area contributed by atoms with E-state index < -0.39 is 15.9 Å². The molecule has 0 saturated carbocycles. The predicted molar refractivity (Wildman–Crippen MR) is 127 cm³/mol. The normalized spacial score (nSPS) is 13.3. The van der Waals surface area contributed by atoms with Gasteiger partial charge in [0.25, 0.3) is 15.9 Å². The number of ether oxygens (including phenoxy) is 2. The number of sulfonamides is 1. The Hall–Kier alpha value is -3.95. The van der Waals surface area contributed by atoms with Crippen molar-refractivity contribution in [3.8, 4) is 22.8 Å². The molecule has 34 heavy (non-hydrogen) atoms. The van der Waals surface area contributed by atoms with Crippen LogP contribution in [0.3, 0.4) is 0 Å². The quantitative estimate of drug-likeness (QED) is 0.427. The molecule has 8 nitrogen and oxygen atoms in total. The van der Waals surface area contributed by atoms with Crippen LogP contribution in [-0.4, -0.2) is 32.5 Å². The number of hydrogen-bond donors (Lipinski definition) is 2. The Morgan fingerprint density at radius 3 is 2.41 bits per heavy atom. The molecule has 1 aliphatic heterocycles. The molecule has 0 unspecified atom stereocenters. The Kier molecular flexibility index (Phi) is 5.87. The van der Waals surface area contributed by atoms with Crippen molar-refractivity contribution in [2.24, 2.45) is 0 Å². The van der Waals surface area contributed by atoms with Crippen LogP contribution in [0.1, 0.15) is 16.8 Å². The number of rotatable bonds is 5. The lowest BCUT2D eigenvalue weighted by Crippen LogP contribution is -2.41. The Bertz CT molecular complexity index is 1470. The van der Waals surface area contributed by atoms with Gasteiger partial charge >= 0.3 is 0 Å². The van der Waals surface area contributed by atoms with E-state index in [0.717, 1.165) is 5.56 Å². The molecule has 5 rings (SSSR count). The average molecular weight is 476 g/mol. The maximum Gasteiger partial charge on any atom is 0.267 e. The van der Waals surface area contributed by atoms with E-state index in [1.807, 2.05) is 36.4 Å². The van der Waals surface area contributed by atoms with Gasteiger partial charge in [-0.15, -0.1) is 4.83 Å². The fraction of sp³-hybridized carbons (Fsp3) is 0.120. The number of hydrazine groups is 1. The second-order valence-electron chi connectivity index (χ2n) is 7.66.